The lowest BCUT2D eigenvalue weighted by Gasteiger charge is -2.11. The Morgan fingerprint density at radius 1 is 1.27 bits per heavy atom. The SMILES string of the molecule is O=C1OCCN1CCN1CC1. The summed E-state index contributed by atoms with van der Waals surface area (Å²) < 4.78 is 4.79. The van der Waals surface area contributed by atoms with Gasteiger partial charge in [0.1, 0.15) is 6.61 Å². The zero-order valence-corrected chi connectivity index (χ0v) is 6.45. The molecule has 0 atom stereocenters. The molecule has 0 spiro atoms. The molecule has 2 rings (SSSR count). The summed E-state index contributed by atoms with van der Waals surface area (Å²) in [5.74, 6) is 0. The molecular weight excluding hydrogens is 144 g/mol. The highest BCUT2D eigenvalue weighted by molar-refractivity contribution is 5.69. The minimum Gasteiger partial charge on any atom is -0.448 e. The largest absolute Gasteiger partial charge is 0.448 e. The van der Waals surface area contributed by atoms with E-state index < -0.39 is 0 Å². The van der Waals surface area contributed by atoms with Crippen LogP contribution in [0.2, 0.25) is 0 Å². The summed E-state index contributed by atoms with van der Waals surface area (Å²) in [6.45, 7) is 5.57. The molecule has 0 saturated carbocycles. The van der Waals surface area contributed by atoms with E-state index in [-0.39, 0.29) is 6.09 Å². The van der Waals surface area contributed by atoms with Gasteiger partial charge < -0.3 is 9.64 Å². The third kappa shape index (κ3) is 1.63. The summed E-state index contributed by atoms with van der Waals surface area (Å²) in [5, 5.41) is 0. The maximum Gasteiger partial charge on any atom is 0.409 e. The Morgan fingerprint density at radius 2 is 2.09 bits per heavy atom. The van der Waals surface area contributed by atoms with Gasteiger partial charge in [-0.3, -0.25) is 4.90 Å². The van der Waals surface area contributed by atoms with Gasteiger partial charge in [0.2, 0.25) is 0 Å². The van der Waals surface area contributed by atoms with Gasteiger partial charge in [0.15, 0.2) is 0 Å². The summed E-state index contributed by atoms with van der Waals surface area (Å²) in [7, 11) is 0. The van der Waals surface area contributed by atoms with Crippen molar-refractivity contribution in [3.05, 3.63) is 0 Å². The molecule has 0 aromatic heterocycles. The first-order valence-corrected chi connectivity index (χ1v) is 4.00. The fraction of sp³-hybridized carbons (Fsp3) is 0.857. The van der Waals surface area contributed by atoms with E-state index in [4.69, 9.17) is 4.74 Å². The smallest absolute Gasteiger partial charge is 0.409 e. The molecule has 1 amide bonds. The second-order valence-electron chi connectivity index (χ2n) is 2.94. The van der Waals surface area contributed by atoms with E-state index in [9.17, 15) is 4.79 Å². The highest BCUT2D eigenvalue weighted by Gasteiger charge is 2.24. The van der Waals surface area contributed by atoms with E-state index in [1.54, 1.807) is 4.90 Å². The van der Waals surface area contributed by atoms with E-state index in [2.05, 4.69) is 4.90 Å². The minimum absolute atomic E-state index is 0.146. The average Bonchev–Trinajstić information content (AvgIpc) is 2.73. The van der Waals surface area contributed by atoms with Crippen molar-refractivity contribution in [1.29, 1.82) is 0 Å². The number of carbonyl (C=O) groups is 1. The summed E-state index contributed by atoms with van der Waals surface area (Å²) in [6, 6.07) is 0. The summed E-state index contributed by atoms with van der Waals surface area (Å²) in [5.41, 5.74) is 0. The molecule has 2 saturated heterocycles. The van der Waals surface area contributed by atoms with Gasteiger partial charge in [0, 0.05) is 26.2 Å². The number of nitrogens with zero attached hydrogens (tertiary/aromatic N) is 2. The van der Waals surface area contributed by atoms with Crippen molar-refractivity contribution >= 4 is 6.09 Å². The first-order valence-electron chi connectivity index (χ1n) is 4.00. The van der Waals surface area contributed by atoms with Gasteiger partial charge in [0.05, 0.1) is 6.54 Å². The standard InChI is InChI=1S/C7H12N2O2/c10-7-9(5-6-11-7)4-3-8-1-2-8/h1-6H2. The van der Waals surface area contributed by atoms with Gasteiger partial charge in [0.25, 0.3) is 0 Å². The van der Waals surface area contributed by atoms with Crippen LogP contribution in [0.25, 0.3) is 0 Å². The number of amides is 1. The van der Waals surface area contributed by atoms with Crippen LogP contribution >= 0.6 is 0 Å². The van der Waals surface area contributed by atoms with Crippen molar-refractivity contribution in [2.45, 2.75) is 0 Å². The predicted molar refractivity (Wildman–Crippen MR) is 39.4 cm³/mol. The van der Waals surface area contributed by atoms with Crippen LogP contribution in [0.1, 0.15) is 0 Å². The molecule has 0 aromatic carbocycles. The van der Waals surface area contributed by atoms with Crippen molar-refractivity contribution in [2.24, 2.45) is 0 Å². The fourth-order valence-corrected chi connectivity index (χ4v) is 1.19. The fourth-order valence-electron chi connectivity index (χ4n) is 1.19. The van der Waals surface area contributed by atoms with E-state index in [0.717, 1.165) is 19.6 Å². The lowest BCUT2D eigenvalue weighted by Crippen LogP contribution is -2.29. The molecule has 4 heteroatoms. The average molecular weight is 156 g/mol. The van der Waals surface area contributed by atoms with Crippen LogP contribution in [0.5, 0.6) is 0 Å². The molecule has 2 aliphatic rings. The molecule has 0 N–H and O–H groups in total. The summed E-state index contributed by atoms with van der Waals surface area (Å²) in [4.78, 5) is 15.0. The molecule has 11 heavy (non-hydrogen) atoms. The quantitative estimate of drug-likeness (QED) is 0.528. The number of rotatable bonds is 3. The van der Waals surface area contributed by atoms with Crippen molar-refractivity contribution in [2.75, 3.05) is 39.3 Å². The Labute approximate surface area is 65.7 Å². The van der Waals surface area contributed by atoms with E-state index in [1.807, 2.05) is 0 Å². The van der Waals surface area contributed by atoms with Gasteiger partial charge in [-0.2, -0.15) is 0 Å². The van der Waals surface area contributed by atoms with Crippen molar-refractivity contribution < 1.29 is 9.53 Å². The molecular formula is C7H12N2O2. The Bertz CT molecular complexity index is 168. The molecule has 62 valence electrons. The van der Waals surface area contributed by atoms with Crippen LogP contribution < -0.4 is 0 Å². The molecule has 2 fully saturated rings. The molecule has 2 aliphatic heterocycles. The van der Waals surface area contributed by atoms with Crippen molar-refractivity contribution in [3.8, 4) is 0 Å². The van der Waals surface area contributed by atoms with Gasteiger partial charge in [-0.05, 0) is 0 Å². The van der Waals surface area contributed by atoms with Crippen LogP contribution in [0, 0.1) is 0 Å². The zero-order chi connectivity index (χ0) is 7.68. The van der Waals surface area contributed by atoms with E-state index in [0.29, 0.717) is 6.61 Å². The zero-order valence-electron chi connectivity index (χ0n) is 6.45. The molecule has 0 unspecified atom stereocenters. The third-order valence-electron chi connectivity index (χ3n) is 2.07. The Kier molecular flexibility index (Phi) is 1.69. The van der Waals surface area contributed by atoms with E-state index in [1.165, 1.54) is 13.1 Å². The van der Waals surface area contributed by atoms with Crippen molar-refractivity contribution in [3.63, 3.8) is 0 Å². The van der Waals surface area contributed by atoms with Crippen LogP contribution in [0.3, 0.4) is 0 Å². The third-order valence-corrected chi connectivity index (χ3v) is 2.07. The number of hydrogen-bond acceptors (Lipinski definition) is 3. The molecule has 4 nitrogen and oxygen atoms in total. The number of ether oxygens (including phenoxy) is 1. The molecule has 2 heterocycles. The molecule has 0 bridgehead atoms. The second-order valence-corrected chi connectivity index (χ2v) is 2.94. The molecule has 0 aliphatic carbocycles. The topological polar surface area (TPSA) is 32.5 Å². The monoisotopic (exact) mass is 156 g/mol. The number of hydrogen-bond donors (Lipinski definition) is 0. The predicted octanol–water partition coefficient (Wildman–Crippen LogP) is -0.246. The van der Waals surface area contributed by atoms with Crippen LogP contribution in [-0.2, 0) is 4.74 Å². The first kappa shape index (κ1) is 6.91. The Balaban J connectivity index is 1.71. The maximum absolute atomic E-state index is 10.9. The number of cyclic esters (lactones) is 1. The van der Waals surface area contributed by atoms with Crippen LogP contribution in [0.15, 0.2) is 0 Å². The van der Waals surface area contributed by atoms with Gasteiger partial charge >= 0.3 is 6.09 Å². The Morgan fingerprint density at radius 3 is 2.64 bits per heavy atom. The minimum atomic E-state index is -0.146. The first-order chi connectivity index (χ1) is 5.36. The molecule has 0 radical (unpaired) electrons. The van der Waals surface area contributed by atoms with E-state index >= 15 is 0 Å². The van der Waals surface area contributed by atoms with Gasteiger partial charge in [-0.15, -0.1) is 0 Å². The lowest BCUT2D eigenvalue weighted by atomic mass is 10.5. The highest BCUT2D eigenvalue weighted by Crippen LogP contribution is 2.06. The Hall–Kier alpha value is -0.770. The van der Waals surface area contributed by atoms with Crippen molar-refractivity contribution in [1.82, 2.24) is 9.80 Å². The lowest BCUT2D eigenvalue weighted by molar-refractivity contribution is 0.157. The summed E-state index contributed by atoms with van der Waals surface area (Å²) in [6.07, 6.45) is -0.146. The van der Waals surface area contributed by atoms with Crippen LogP contribution in [0.4, 0.5) is 4.79 Å². The number of carbonyl (C=O) groups excluding carboxylic acids is 1. The maximum atomic E-state index is 10.9. The normalized spacial score (nSPS) is 24.0. The molecule has 0 aromatic rings. The highest BCUT2D eigenvalue weighted by atomic mass is 16.6. The second kappa shape index (κ2) is 2.70. The van der Waals surface area contributed by atoms with Gasteiger partial charge in [-0.1, -0.05) is 0 Å². The van der Waals surface area contributed by atoms with Crippen LogP contribution in [-0.4, -0.2) is 55.2 Å². The van der Waals surface area contributed by atoms with Gasteiger partial charge in [-0.25, -0.2) is 4.79 Å². The summed E-state index contributed by atoms with van der Waals surface area (Å²) >= 11 is 0.